The molecule has 8 heteroatoms. The number of anilines is 1. The van der Waals surface area contributed by atoms with Crippen LogP contribution < -0.4 is 10.6 Å². The second-order valence-corrected chi connectivity index (χ2v) is 5.08. The Hall–Kier alpha value is -2.09. The molecular formula is C11H14N2O5S. The summed E-state index contributed by atoms with van der Waals surface area (Å²) >= 11 is 1.08. The highest BCUT2D eigenvalue weighted by Gasteiger charge is 2.30. The lowest BCUT2D eigenvalue weighted by Gasteiger charge is -2.23. The van der Waals surface area contributed by atoms with Crippen LogP contribution in [-0.4, -0.2) is 35.7 Å². The molecule has 1 rings (SSSR count). The van der Waals surface area contributed by atoms with Crippen LogP contribution in [0.15, 0.2) is 11.4 Å². The largest absolute Gasteiger partial charge is 0.478 e. The van der Waals surface area contributed by atoms with E-state index in [2.05, 4.69) is 15.4 Å². The summed E-state index contributed by atoms with van der Waals surface area (Å²) in [6.07, 6.45) is 0. The lowest BCUT2D eigenvalue weighted by molar-refractivity contribution is -0.146. The number of carboxylic acids is 1. The molecule has 1 aromatic rings. The van der Waals surface area contributed by atoms with E-state index in [1.54, 1.807) is 5.38 Å². The van der Waals surface area contributed by atoms with Crippen LogP contribution in [0.2, 0.25) is 0 Å². The van der Waals surface area contributed by atoms with Crippen LogP contribution >= 0.6 is 11.3 Å². The van der Waals surface area contributed by atoms with Crippen molar-refractivity contribution in [3.8, 4) is 0 Å². The first-order valence-electron chi connectivity index (χ1n) is 5.26. The molecule has 0 fully saturated rings. The standard InChI is InChI=1S/C11H14N2O5S/c1-11(2,9(16)18-3)13-10(17)12-7-6(8(14)15)4-5-19-7/h4-5H,1-3H3,(H,14,15)(H2,12,13,17). The summed E-state index contributed by atoms with van der Waals surface area (Å²) < 4.78 is 4.54. The van der Waals surface area contributed by atoms with E-state index < -0.39 is 23.5 Å². The molecule has 0 aromatic carbocycles. The van der Waals surface area contributed by atoms with Gasteiger partial charge in [-0.05, 0) is 25.3 Å². The Bertz CT molecular complexity index is 509. The minimum Gasteiger partial charge on any atom is -0.478 e. The fourth-order valence-electron chi connectivity index (χ4n) is 1.30. The van der Waals surface area contributed by atoms with Gasteiger partial charge in [0.25, 0.3) is 0 Å². The number of nitrogens with one attached hydrogen (secondary N) is 2. The van der Waals surface area contributed by atoms with E-state index in [0.29, 0.717) is 0 Å². The average molecular weight is 286 g/mol. The summed E-state index contributed by atoms with van der Waals surface area (Å²) in [5.41, 5.74) is -1.21. The summed E-state index contributed by atoms with van der Waals surface area (Å²) in [7, 11) is 1.21. The Kier molecular flexibility index (Phi) is 4.49. The topological polar surface area (TPSA) is 105 Å². The molecule has 0 aliphatic rings. The summed E-state index contributed by atoms with van der Waals surface area (Å²) in [6.45, 7) is 2.95. The zero-order valence-corrected chi connectivity index (χ0v) is 11.5. The molecule has 0 radical (unpaired) electrons. The number of carbonyl (C=O) groups is 3. The van der Waals surface area contributed by atoms with Crippen LogP contribution in [0.3, 0.4) is 0 Å². The van der Waals surface area contributed by atoms with Gasteiger partial charge in [0.2, 0.25) is 0 Å². The van der Waals surface area contributed by atoms with Crippen molar-refractivity contribution in [3.63, 3.8) is 0 Å². The molecule has 0 spiro atoms. The first-order valence-corrected chi connectivity index (χ1v) is 6.14. The van der Waals surface area contributed by atoms with Crippen LogP contribution in [0.4, 0.5) is 9.80 Å². The van der Waals surface area contributed by atoms with Gasteiger partial charge in [0, 0.05) is 0 Å². The monoisotopic (exact) mass is 286 g/mol. The van der Waals surface area contributed by atoms with Gasteiger partial charge in [-0.3, -0.25) is 5.32 Å². The highest BCUT2D eigenvalue weighted by Crippen LogP contribution is 2.23. The van der Waals surface area contributed by atoms with Crippen LogP contribution in [0.1, 0.15) is 24.2 Å². The number of hydrogen-bond acceptors (Lipinski definition) is 5. The van der Waals surface area contributed by atoms with Crippen molar-refractivity contribution in [2.24, 2.45) is 0 Å². The normalized spacial score (nSPS) is 10.7. The third-order valence-electron chi connectivity index (χ3n) is 2.24. The third-order valence-corrected chi connectivity index (χ3v) is 3.07. The summed E-state index contributed by atoms with van der Waals surface area (Å²) in [5.74, 6) is -1.74. The van der Waals surface area contributed by atoms with Crippen LogP contribution in [0.25, 0.3) is 0 Å². The van der Waals surface area contributed by atoms with Crippen molar-refractivity contribution in [1.82, 2.24) is 5.32 Å². The molecule has 1 aromatic heterocycles. The van der Waals surface area contributed by atoms with Gasteiger partial charge in [0.15, 0.2) is 0 Å². The van der Waals surface area contributed by atoms with Crippen LogP contribution in [0.5, 0.6) is 0 Å². The number of ether oxygens (including phenoxy) is 1. The molecule has 1 heterocycles. The van der Waals surface area contributed by atoms with Crippen molar-refractivity contribution in [2.75, 3.05) is 12.4 Å². The van der Waals surface area contributed by atoms with Gasteiger partial charge in [-0.15, -0.1) is 11.3 Å². The van der Waals surface area contributed by atoms with Crippen molar-refractivity contribution < 1.29 is 24.2 Å². The van der Waals surface area contributed by atoms with Gasteiger partial charge < -0.3 is 15.2 Å². The molecule has 0 aliphatic heterocycles. The Labute approximate surface area is 113 Å². The van der Waals surface area contributed by atoms with Gasteiger partial charge >= 0.3 is 18.0 Å². The number of carboxylic acid groups (broad SMARTS) is 1. The Morgan fingerprint density at radius 2 is 2.00 bits per heavy atom. The zero-order chi connectivity index (χ0) is 14.6. The predicted molar refractivity (Wildman–Crippen MR) is 69.5 cm³/mol. The molecule has 7 nitrogen and oxygen atoms in total. The molecule has 0 unspecified atom stereocenters. The lowest BCUT2D eigenvalue weighted by atomic mass is 10.1. The molecule has 0 saturated carbocycles. The quantitative estimate of drug-likeness (QED) is 0.728. The SMILES string of the molecule is COC(=O)C(C)(C)NC(=O)Nc1sccc1C(=O)O. The Morgan fingerprint density at radius 3 is 2.53 bits per heavy atom. The minimum absolute atomic E-state index is 0.00368. The molecule has 19 heavy (non-hydrogen) atoms. The Morgan fingerprint density at radius 1 is 1.37 bits per heavy atom. The molecule has 0 aliphatic carbocycles. The number of amides is 2. The maximum Gasteiger partial charge on any atom is 0.338 e. The number of aromatic carboxylic acids is 1. The van der Waals surface area contributed by atoms with E-state index in [1.165, 1.54) is 27.0 Å². The number of rotatable bonds is 4. The zero-order valence-electron chi connectivity index (χ0n) is 10.6. The van der Waals surface area contributed by atoms with Gasteiger partial charge in [0.05, 0.1) is 12.7 Å². The van der Waals surface area contributed by atoms with Gasteiger partial charge in [-0.1, -0.05) is 0 Å². The number of esters is 1. The van der Waals surface area contributed by atoms with E-state index in [9.17, 15) is 14.4 Å². The lowest BCUT2D eigenvalue weighted by Crippen LogP contribution is -2.51. The fourth-order valence-corrected chi connectivity index (χ4v) is 2.07. The van der Waals surface area contributed by atoms with E-state index >= 15 is 0 Å². The predicted octanol–water partition coefficient (Wildman–Crippen LogP) is 1.52. The first kappa shape index (κ1) is 15.0. The maximum absolute atomic E-state index is 11.7. The number of hydrogen-bond donors (Lipinski definition) is 3. The van der Waals surface area contributed by atoms with Crippen LogP contribution in [-0.2, 0) is 9.53 Å². The smallest absolute Gasteiger partial charge is 0.338 e. The third kappa shape index (κ3) is 3.68. The molecule has 104 valence electrons. The fraction of sp³-hybridized carbons (Fsp3) is 0.364. The highest BCUT2D eigenvalue weighted by molar-refractivity contribution is 7.14. The van der Waals surface area contributed by atoms with E-state index in [4.69, 9.17) is 5.11 Å². The van der Waals surface area contributed by atoms with Crippen molar-refractivity contribution in [2.45, 2.75) is 19.4 Å². The molecule has 3 N–H and O–H groups in total. The Balaban J connectivity index is 2.73. The van der Waals surface area contributed by atoms with Crippen molar-refractivity contribution in [3.05, 3.63) is 17.0 Å². The van der Waals surface area contributed by atoms with E-state index in [-0.39, 0.29) is 10.6 Å². The number of methoxy groups -OCH3 is 1. The van der Waals surface area contributed by atoms with Crippen molar-refractivity contribution >= 4 is 34.3 Å². The average Bonchev–Trinajstić information content (AvgIpc) is 2.74. The van der Waals surface area contributed by atoms with E-state index in [0.717, 1.165) is 11.3 Å². The maximum atomic E-state index is 11.7. The summed E-state index contributed by atoms with van der Waals surface area (Å²) in [6, 6.07) is 0.703. The summed E-state index contributed by atoms with van der Waals surface area (Å²) in [4.78, 5) is 34.0. The first-order chi connectivity index (χ1) is 8.77. The van der Waals surface area contributed by atoms with E-state index in [1.807, 2.05) is 0 Å². The highest BCUT2D eigenvalue weighted by atomic mass is 32.1. The number of carbonyl (C=O) groups excluding carboxylic acids is 2. The van der Waals surface area contributed by atoms with Gasteiger partial charge in [-0.2, -0.15) is 0 Å². The number of urea groups is 1. The number of thiophene rings is 1. The van der Waals surface area contributed by atoms with Gasteiger partial charge in [0.1, 0.15) is 10.5 Å². The van der Waals surface area contributed by atoms with Gasteiger partial charge in [-0.25, -0.2) is 14.4 Å². The molecule has 0 bridgehead atoms. The molecule has 0 saturated heterocycles. The second kappa shape index (κ2) is 5.70. The molecule has 0 atom stereocenters. The minimum atomic E-state index is -1.21. The second-order valence-electron chi connectivity index (χ2n) is 4.16. The summed E-state index contributed by atoms with van der Waals surface area (Å²) in [5, 5.41) is 15.4. The van der Waals surface area contributed by atoms with Crippen molar-refractivity contribution in [1.29, 1.82) is 0 Å². The van der Waals surface area contributed by atoms with Crippen LogP contribution in [0, 0.1) is 0 Å². The molecule has 2 amide bonds. The molecular weight excluding hydrogens is 272 g/mol.